The van der Waals surface area contributed by atoms with Crippen molar-refractivity contribution in [2.45, 2.75) is 20.5 Å². The fraction of sp³-hybridized carbons (Fsp3) is 0.280. The van der Waals surface area contributed by atoms with Crippen LogP contribution in [0.3, 0.4) is 0 Å². The summed E-state index contributed by atoms with van der Waals surface area (Å²) in [6.07, 6.45) is 0. The van der Waals surface area contributed by atoms with Gasteiger partial charge >= 0.3 is 5.97 Å². The van der Waals surface area contributed by atoms with E-state index in [1.54, 1.807) is 45.3 Å². The van der Waals surface area contributed by atoms with Gasteiger partial charge in [-0.15, -0.1) is 0 Å². The lowest BCUT2D eigenvalue weighted by Crippen LogP contribution is -2.29. The Bertz CT molecular complexity index is 1110. The summed E-state index contributed by atoms with van der Waals surface area (Å²) in [5.74, 6) is -1.11. The molecule has 1 N–H and O–H groups in total. The fourth-order valence-corrected chi connectivity index (χ4v) is 3.30. The Hall–Kier alpha value is -3.94. The number of carbonyl (C=O) groups excluding carboxylic acids is 2. The first-order valence-electron chi connectivity index (χ1n) is 10.6. The number of rotatable bonds is 9. The van der Waals surface area contributed by atoms with E-state index in [1.165, 1.54) is 9.47 Å². The third-order valence-electron chi connectivity index (χ3n) is 5.15. The molecule has 1 heterocycles. The largest absolute Gasteiger partial charge is 0.503 e. The van der Waals surface area contributed by atoms with Gasteiger partial charge in [-0.05, 0) is 43.7 Å². The molecule has 1 amide bonds. The van der Waals surface area contributed by atoms with Crippen molar-refractivity contribution in [1.29, 1.82) is 0 Å². The molecule has 0 aliphatic carbocycles. The highest BCUT2D eigenvalue weighted by atomic mass is 16.5. The highest BCUT2D eigenvalue weighted by Crippen LogP contribution is 2.41. The number of ether oxygens (including phenoxy) is 3. The molecular weight excluding hydrogens is 424 g/mol. The molecule has 0 saturated carbocycles. The van der Waals surface area contributed by atoms with Crippen LogP contribution in [0, 0.1) is 0 Å². The van der Waals surface area contributed by atoms with Crippen LogP contribution in [0.1, 0.15) is 40.4 Å². The zero-order valence-electron chi connectivity index (χ0n) is 19.2. The summed E-state index contributed by atoms with van der Waals surface area (Å²) in [5.41, 5.74) is 1.15. The van der Waals surface area contributed by atoms with Crippen molar-refractivity contribution in [2.75, 3.05) is 27.3 Å². The van der Waals surface area contributed by atoms with Crippen molar-refractivity contribution in [3.63, 3.8) is 0 Å². The number of hydrogen-bond acceptors (Lipinski definition) is 6. The molecule has 8 heteroatoms. The fourth-order valence-electron chi connectivity index (χ4n) is 3.30. The van der Waals surface area contributed by atoms with E-state index in [0.29, 0.717) is 18.0 Å². The van der Waals surface area contributed by atoms with E-state index in [-0.39, 0.29) is 30.4 Å². The number of aromatic nitrogens is 1. The van der Waals surface area contributed by atoms with E-state index in [9.17, 15) is 14.7 Å². The standard InChI is InChI=1S/C25H28N2O6/c1-5-26(3)24(29)20-22(28)23(33-16-17-10-8-7-9-11-17)21(25(30)32-6-2)27(20)18-12-14-19(31-4)15-13-18/h7-15,28H,5-6,16H2,1-4H3. The molecule has 0 unspecified atom stereocenters. The third kappa shape index (κ3) is 4.95. The molecule has 3 aromatic rings. The topological polar surface area (TPSA) is 90.2 Å². The Morgan fingerprint density at radius 2 is 1.67 bits per heavy atom. The summed E-state index contributed by atoms with van der Waals surface area (Å²) in [6.45, 7) is 4.10. The van der Waals surface area contributed by atoms with Crippen LogP contribution in [-0.2, 0) is 11.3 Å². The van der Waals surface area contributed by atoms with E-state index in [1.807, 2.05) is 37.3 Å². The monoisotopic (exact) mass is 452 g/mol. The van der Waals surface area contributed by atoms with Gasteiger partial charge in [0.05, 0.1) is 13.7 Å². The first-order valence-corrected chi connectivity index (χ1v) is 10.6. The number of hydrogen-bond donors (Lipinski definition) is 1. The van der Waals surface area contributed by atoms with Gasteiger partial charge in [0.1, 0.15) is 12.4 Å². The minimum Gasteiger partial charge on any atom is -0.503 e. The molecule has 0 saturated heterocycles. The van der Waals surface area contributed by atoms with Gasteiger partial charge in [-0.2, -0.15) is 0 Å². The minimum absolute atomic E-state index is 0.0664. The Morgan fingerprint density at radius 1 is 1.00 bits per heavy atom. The van der Waals surface area contributed by atoms with Gasteiger partial charge in [0.25, 0.3) is 5.91 Å². The predicted molar refractivity (Wildman–Crippen MR) is 123 cm³/mol. The molecule has 0 aliphatic rings. The van der Waals surface area contributed by atoms with Crippen molar-refractivity contribution in [3.05, 3.63) is 71.5 Å². The van der Waals surface area contributed by atoms with Crippen LogP contribution in [-0.4, -0.2) is 53.8 Å². The average molecular weight is 453 g/mol. The van der Waals surface area contributed by atoms with Crippen LogP contribution in [0.25, 0.3) is 5.69 Å². The van der Waals surface area contributed by atoms with Crippen LogP contribution in [0.5, 0.6) is 17.2 Å². The Balaban J connectivity index is 2.23. The molecule has 0 bridgehead atoms. The zero-order valence-corrected chi connectivity index (χ0v) is 19.2. The molecule has 0 spiro atoms. The first-order chi connectivity index (χ1) is 15.9. The number of aromatic hydroxyl groups is 1. The number of carbonyl (C=O) groups is 2. The second-order valence-electron chi connectivity index (χ2n) is 7.22. The molecule has 0 aliphatic heterocycles. The summed E-state index contributed by atoms with van der Waals surface area (Å²) < 4.78 is 17.8. The van der Waals surface area contributed by atoms with Gasteiger partial charge in [-0.25, -0.2) is 4.79 Å². The minimum atomic E-state index is -0.718. The number of benzene rings is 2. The second-order valence-corrected chi connectivity index (χ2v) is 7.22. The third-order valence-corrected chi connectivity index (χ3v) is 5.15. The molecule has 0 atom stereocenters. The van der Waals surface area contributed by atoms with E-state index in [0.717, 1.165) is 5.56 Å². The van der Waals surface area contributed by atoms with E-state index in [4.69, 9.17) is 14.2 Å². The molecule has 8 nitrogen and oxygen atoms in total. The Kier molecular flexibility index (Phi) is 7.61. The van der Waals surface area contributed by atoms with E-state index in [2.05, 4.69) is 0 Å². The summed E-state index contributed by atoms with van der Waals surface area (Å²) >= 11 is 0. The molecule has 0 fully saturated rings. The van der Waals surface area contributed by atoms with Gasteiger partial charge in [0, 0.05) is 19.3 Å². The van der Waals surface area contributed by atoms with E-state index >= 15 is 0 Å². The van der Waals surface area contributed by atoms with Crippen LogP contribution < -0.4 is 9.47 Å². The Morgan fingerprint density at radius 3 is 2.24 bits per heavy atom. The maximum Gasteiger partial charge on any atom is 0.359 e. The van der Waals surface area contributed by atoms with Gasteiger partial charge < -0.3 is 24.2 Å². The summed E-state index contributed by atoms with van der Waals surface area (Å²) in [4.78, 5) is 27.7. The van der Waals surface area contributed by atoms with Crippen LogP contribution >= 0.6 is 0 Å². The van der Waals surface area contributed by atoms with Gasteiger partial charge in [0.15, 0.2) is 22.9 Å². The van der Waals surface area contributed by atoms with Crippen molar-refractivity contribution in [2.24, 2.45) is 0 Å². The van der Waals surface area contributed by atoms with Crippen molar-refractivity contribution in [3.8, 4) is 22.9 Å². The molecule has 33 heavy (non-hydrogen) atoms. The average Bonchev–Trinajstić information content (AvgIpc) is 3.14. The summed E-state index contributed by atoms with van der Waals surface area (Å²) in [5, 5.41) is 11.1. The molecular formula is C25H28N2O6. The van der Waals surface area contributed by atoms with E-state index < -0.39 is 17.6 Å². The molecule has 1 aromatic heterocycles. The lowest BCUT2D eigenvalue weighted by molar-refractivity contribution is 0.0511. The first kappa shape index (κ1) is 23.7. The van der Waals surface area contributed by atoms with Crippen molar-refractivity contribution in [1.82, 2.24) is 9.47 Å². The number of esters is 1. The van der Waals surface area contributed by atoms with Crippen LogP contribution in [0.4, 0.5) is 0 Å². The molecule has 0 radical (unpaired) electrons. The highest BCUT2D eigenvalue weighted by molar-refractivity contribution is 6.02. The number of nitrogens with zero attached hydrogens (tertiary/aromatic N) is 2. The normalized spacial score (nSPS) is 10.5. The number of methoxy groups -OCH3 is 1. The lowest BCUT2D eigenvalue weighted by atomic mass is 10.2. The van der Waals surface area contributed by atoms with Gasteiger partial charge in [0.2, 0.25) is 0 Å². The SMILES string of the molecule is CCOC(=O)c1c(OCc2ccccc2)c(O)c(C(=O)N(C)CC)n1-c1ccc(OC)cc1. The van der Waals surface area contributed by atoms with Crippen molar-refractivity contribution < 1.29 is 28.9 Å². The summed E-state index contributed by atoms with van der Waals surface area (Å²) in [7, 11) is 3.16. The Labute approximate surface area is 192 Å². The number of amides is 1. The van der Waals surface area contributed by atoms with Gasteiger partial charge in [-0.3, -0.25) is 9.36 Å². The molecule has 3 rings (SSSR count). The maximum absolute atomic E-state index is 13.2. The quantitative estimate of drug-likeness (QED) is 0.493. The van der Waals surface area contributed by atoms with Crippen molar-refractivity contribution >= 4 is 11.9 Å². The van der Waals surface area contributed by atoms with Crippen LogP contribution in [0.2, 0.25) is 0 Å². The predicted octanol–water partition coefficient (Wildman–Crippen LogP) is 4.04. The maximum atomic E-state index is 13.2. The lowest BCUT2D eigenvalue weighted by Gasteiger charge is -2.17. The van der Waals surface area contributed by atoms with Crippen LogP contribution in [0.15, 0.2) is 54.6 Å². The highest BCUT2D eigenvalue weighted by Gasteiger charge is 2.34. The van der Waals surface area contributed by atoms with Gasteiger partial charge in [-0.1, -0.05) is 30.3 Å². The molecule has 2 aromatic carbocycles. The molecule has 174 valence electrons. The zero-order chi connectivity index (χ0) is 24.0. The smallest absolute Gasteiger partial charge is 0.359 e. The second kappa shape index (κ2) is 10.6. The summed E-state index contributed by atoms with van der Waals surface area (Å²) in [6, 6.07) is 16.1.